The molecule has 1 aromatic heterocycles. The first-order chi connectivity index (χ1) is 7.72. The van der Waals surface area contributed by atoms with Gasteiger partial charge in [0, 0.05) is 17.5 Å². The first-order valence-electron chi connectivity index (χ1n) is 4.87. The van der Waals surface area contributed by atoms with Gasteiger partial charge in [-0.3, -0.25) is 4.79 Å². The highest BCUT2D eigenvalue weighted by Crippen LogP contribution is 2.09. The number of ether oxygens (including phenoxy) is 1. The number of hydrogen-bond acceptors (Lipinski definition) is 4. The molecule has 0 atom stereocenters. The fourth-order valence-corrected chi connectivity index (χ4v) is 1.59. The maximum atomic E-state index is 11.2. The Bertz CT molecular complexity index is 371. The number of carbonyl (C=O) groups is 2. The van der Waals surface area contributed by atoms with E-state index in [1.807, 2.05) is 17.5 Å². The van der Waals surface area contributed by atoms with Crippen molar-refractivity contribution < 1.29 is 14.3 Å². The van der Waals surface area contributed by atoms with Crippen LogP contribution in [0.2, 0.25) is 0 Å². The molecule has 16 heavy (non-hydrogen) atoms. The van der Waals surface area contributed by atoms with Crippen molar-refractivity contribution in [2.45, 2.75) is 6.92 Å². The summed E-state index contributed by atoms with van der Waals surface area (Å²) < 4.78 is 4.72. The molecule has 4 nitrogen and oxygen atoms in total. The Labute approximate surface area is 97.9 Å². The third kappa shape index (κ3) is 4.75. The van der Waals surface area contributed by atoms with Crippen molar-refractivity contribution in [3.63, 3.8) is 0 Å². The van der Waals surface area contributed by atoms with Gasteiger partial charge in [0.05, 0.1) is 0 Å². The average molecular weight is 239 g/mol. The summed E-state index contributed by atoms with van der Waals surface area (Å²) >= 11 is 1.52. The average Bonchev–Trinajstić information content (AvgIpc) is 2.77. The monoisotopic (exact) mass is 239 g/mol. The zero-order chi connectivity index (χ0) is 11.8. The zero-order valence-electron chi connectivity index (χ0n) is 8.93. The lowest BCUT2D eigenvalue weighted by Gasteiger charge is -2.01. The number of esters is 1. The second-order valence-electron chi connectivity index (χ2n) is 2.91. The first kappa shape index (κ1) is 12.4. The minimum Gasteiger partial charge on any atom is -0.452 e. The molecule has 0 aromatic carbocycles. The molecule has 0 radical (unpaired) electrons. The van der Waals surface area contributed by atoms with Crippen molar-refractivity contribution >= 4 is 29.3 Å². The third-order valence-electron chi connectivity index (χ3n) is 1.65. The molecule has 1 rings (SSSR count). The molecule has 0 fully saturated rings. The van der Waals surface area contributed by atoms with Crippen molar-refractivity contribution in [3.8, 4) is 0 Å². The fourth-order valence-electron chi connectivity index (χ4n) is 0.969. The molecule has 0 saturated heterocycles. The molecule has 1 aromatic rings. The van der Waals surface area contributed by atoms with E-state index in [4.69, 9.17) is 4.74 Å². The van der Waals surface area contributed by atoms with Crippen LogP contribution in [0.25, 0.3) is 6.08 Å². The van der Waals surface area contributed by atoms with Crippen molar-refractivity contribution in [3.05, 3.63) is 28.5 Å². The smallest absolute Gasteiger partial charge is 0.331 e. The van der Waals surface area contributed by atoms with Gasteiger partial charge >= 0.3 is 5.97 Å². The number of thiophene rings is 1. The normalized spacial score (nSPS) is 10.3. The van der Waals surface area contributed by atoms with E-state index in [0.29, 0.717) is 6.54 Å². The number of amides is 1. The van der Waals surface area contributed by atoms with E-state index < -0.39 is 5.97 Å². The Hall–Kier alpha value is -1.62. The summed E-state index contributed by atoms with van der Waals surface area (Å²) in [6.45, 7) is 2.10. The van der Waals surface area contributed by atoms with Crippen LogP contribution in [-0.2, 0) is 14.3 Å². The van der Waals surface area contributed by atoms with Gasteiger partial charge in [0.1, 0.15) is 0 Å². The molecule has 0 saturated carbocycles. The summed E-state index contributed by atoms with van der Waals surface area (Å²) in [6.07, 6.45) is 2.97. The van der Waals surface area contributed by atoms with E-state index in [1.54, 1.807) is 13.0 Å². The molecule has 0 bridgehead atoms. The fraction of sp³-hybridized carbons (Fsp3) is 0.273. The standard InChI is InChI=1S/C11H13NO3S/c1-2-12-10(13)8-15-11(14)6-5-9-4-3-7-16-9/h3-7H,2,8H2,1H3,(H,12,13)/b6-5+. The summed E-state index contributed by atoms with van der Waals surface area (Å²) in [4.78, 5) is 23.1. The van der Waals surface area contributed by atoms with Crippen LogP contribution in [0.4, 0.5) is 0 Å². The molecule has 0 aliphatic rings. The van der Waals surface area contributed by atoms with Gasteiger partial charge in [-0.2, -0.15) is 0 Å². The second-order valence-corrected chi connectivity index (χ2v) is 3.89. The van der Waals surface area contributed by atoms with Crippen LogP contribution in [0, 0.1) is 0 Å². The number of nitrogens with one attached hydrogen (secondary N) is 1. The van der Waals surface area contributed by atoms with Gasteiger partial charge in [0.15, 0.2) is 6.61 Å². The molecule has 86 valence electrons. The van der Waals surface area contributed by atoms with Crippen molar-refractivity contribution in [1.29, 1.82) is 0 Å². The largest absolute Gasteiger partial charge is 0.452 e. The molecule has 5 heteroatoms. The van der Waals surface area contributed by atoms with Crippen molar-refractivity contribution in [2.24, 2.45) is 0 Å². The maximum absolute atomic E-state index is 11.2. The second kappa shape index (κ2) is 6.79. The molecular weight excluding hydrogens is 226 g/mol. The molecule has 0 aliphatic carbocycles. The quantitative estimate of drug-likeness (QED) is 0.625. The van der Waals surface area contributed by atoms with Gasteiger partial charge in [0.2, 0.25) is 0 Å². The molecule has 1 amide bonds. The number of carbonyl (C=O) groups excluding carboxylic acids is 2. The highest BCUT2D eigenvalue weighted by atomic mass is 32.1. The summed E-state index contributed by atoms with van der Waals surface area (Å²) in [5.74, 6) is -0.806. The highest BCUT2D eigenvalue weighted by Gasteiger charge is 2.02. The van der Waals surface area contributed by atoms with Gasteiger partial charge in [-0.15, -0.1) is 11.3 Å². The predicted octanol–water partition coefficient (Wildman–Crippen LogP) is 1.44. The SMILES string of the molecule is CCNC(=O)COC(=O)/C=C/c1cccs1. The summed E-state index contributed by atoms with van der Waals surface area (Å²) in [5, 5.41) is 4.45. The molecule has 1 N–H and O–H groups in total. The molecular formula is C11H13NO3S. The van der Waals surface area contributed by atoms with Crippen LogP contribution < -0.4 is 5.32 Å². The minimum absolute atomic E-state index is 0.235. The van der Waals surface area contributed by atoms with E-state index in [-0.39, 0.29) is 12.5 Å². The van der Waals surface area contributed by atoms with Crippen LogP contribution in [0.1, 0.15) is 11.8 Å². The topological polar surface area (TPSA) is 55.4 Å². The van der Waals surface area contributed by atoms with Gasteiger partial charge < -0.3 is 10.1 Å². The van der Waals surface area contributed by atoms with E-state index in [1.165, 1.54) is 17.4 Å². The Balaban J connectivity index is 2.28. The Kier molecular flexibility index (Phi) is 5.28. The lowest BCUT2D eigenvalue weighted by molar-refractivity contribution is -0.143. The van der Waals surface area contributed by atoms with Crippen molar-refractivity contribution in [1.82, 2.24) is 5.32 Å². The van der Waals surface area contributed by atoms with Gasteiger partial charge in [-0.1, -0.05) is 6.07 Å². The van der Waals surface area contributed by atoms with E-state index >= 15 is 0 Å². The summed E-state index contributed by atoms with van der Waals surface area (Å²) in [5.41, 5.74) is 0. The van der Waals surface area contributed by atoms with Gasteiger partial charge in [-0.05, 0) is 24.4 Å². The number of hydrogen-bond donors (Lipinski definition) is 1. The van der Waals surface area contributed by atoms with Crippen LogP contribution in [-0.4, -0.2) is 25.0 Å². The van der Waals surface area contributed by atoms with E-state index in [2.05, 4.69) is 5.32 Å². The van der Waals surface area contributed by atoms with E-state index in [0.717, 1.165) is 4.88 Å². The van der Waals surface area contributed by atoms with Crippen LogP contribution in [0.15, 0.2) is 23.6 Å². The Morgan fingerprint density at radius 1 is 1.56 bits per heavy atom. The number of rotatable bonds is 5. The summed E-state index contributed by atoms with van der Waals surface area (Å²) in [6, 6.07) is 3.78. The maximum Gasteiger partial charge on any atom is 0.331 e. The molecule has 0 unspecified atom stereocenters. The number of likely N-dealkylation sites (N-methyl/N-ethyl adjacent to an activating group) is 1. The van der Waals surface area contributed by atoms with Gasteiger partial charge in [-0.25, -0.2) is 4.79 Å². The van der Waals surface area contributed by atoms with Crippen LogP contribution in [0.5, 0.6) is 0 Å². The lowest BCUT2D eigenvalue weighted by atomic mass is 10.4. The van der Waals surface area contributed by atoms with Crippen LogP contribution >= 0.6 is 11.3 Å². The van der Waals surface area contributed by atoms with Crippen molar-refractivity contribution in [2.75, 3.05) is 13.2 Å². The molecule has 0 aliphatic heterocycles. The zero-order valence-corrected chi connectivity index (χ0v) is 9.75. The molecule has 1 heterocycles. The lowest BCUT2D eigenvalue weighted by Crippen LogP contribution is -2.28. The molecule has 0 spiro atoms. The first-order valence-corrected chi connectivity index (χ1v) is 5.75. The Morgan fingerprint density at radius 3 is 3.00 bits per heavy atom. The van der Waals surface area contributed by atoms with E-state index in [9.17, 15) is 9.59 Å². The highest BCUT2D eigenvalue weighted by molar-refractivity contribution is 7.10. The third-order valence-corrected chi connectivity index (χ3v) is 2.48. The van der Waals surface area contributed by atoms with Gasteiger partial charge in [0.25, 0.3) is 5.91 Å². The summed E-state index contributed by atoms with van der Waals surface area (Å²) in [7, 11) is 0. The Morgan fingerprint density at radius 2 is 2.38 bits per heavy atom. The predicted molar refractivity (Wildman–Crippen MR) is 63.0 cm³/mol. The minimum atomic E-state index is -0.514. The van der Waals surface area contributed by atoms with Crippen LogP contribution in [0.3, 0.4) is 0 Å².